The van der Waals surface area contributed by atoms with E-state index in [2.05, 4.69) is 0 Å². The lowest BCUT2D eigenvalue weighted by molar-refractivity contribution is 0.0149. The SMILES string of the molecule is CC(C)(C)OP(=O)(OC(C)(C)C)C(O)n1c(C(=O)O)cc2ccccc21. The van der Waals surface area contributed by atoms with E-state index in [9.17, 15) is 19.6 Å². The summed E-state index contributed by atoms with van der Waals surface area (Å²) in [7, 11) is -4.16. The Morgan fingerprint density at radius 1 is 1.08 bits per heavy atom. The summed E-state index contributed by atoms with van der Waals surface area (Å²) < 4.78 is 25.9. The van der Waals surface area contributed by atoms with Gasteiger partial charge in [-0.15, -0.1) is 0 Å². The van der Waals surface area contributed by atoms with E-state index < -0.39 is 30.7 Å². The van der Waals surface area contributed by atoms with Crippen molar-refractivity contribution < 1.29 is 28.6 Å². The van der Waals surface area contributed by atoms with Gasteiger partial charge >= 0.3 is 13.6 Å². The van der Waals surface area contributed by atoms with Gasteiger partial charge in [-0.2, -0.15) is 0 Å². The number of hydrogen-bond acceptors (Lipinski definition) is 5. The van der Waals surface area contributed by atoms with E-state index in [1.165, 1.54) is 6.07 Å². The third-order valence-electron chi connectivity index (χ3n) is 3.28. The summed E-state index contributed by atoms with van der Waals surface area (Å²) in [5.41, 5.74) is -1.54. The van der Waals surface area contributed by atoms with Crippen LogP contribution >= 0.6 is 7.60 Å². The first-order chi connectivity index (χ1) is 11.7. The minimum Gasteiger partial charge on any atom is -0.477 e. The van der Waals surface area contributed by atoms with E-state index in [1.807, 2.05) is 0 Å². The zero-order chi connectivity index (χ0) is 19.9. The zero-order valence-electron chi connectivity index (χ0n) is 15.9. The van der Waals surface area contributed by atoms with Gasteiger partial charge in [0.1, 0.15) is 5.69 Å². The molecule has 0 spiro atoms. The van der Waals surface area contributed by atoms with Crippen molar-refractivity contribution in [3.8, 4) is 0 Å². The first-order valence-corrected chi connectivity index (χ1v) is 9.87. The van der Waals surface area contributed by atoms with Gasteiger partial charge < -0.3 is 10.2 Å². The molecule has 1 unspecified atom stereocenters. The fraction of sp³-hybridized carbons (Fsp3) is 0.500. The second kappa shape index (κ2) is 6.82. The van der Waals surface area contributed by atoms with Crippen molar-refractivity contribution in [1.29, 1.82) is 0 Å². The van der Waals surface area contributed by atoms with Crippen molar-refractivity contribution in [2.75, 3.05) is 0 Å². The normalized spacial score (nSPS) is 14.6. The Kier molecular flexibility index (Phi) is 5.41. The summed E-state index contributed by atoms with van der Waals surface area (Å²) in [4.78, 5) is 11.7. The van der Waals surface area contributed by atoms with Gasteiger partial charge in [-0.3, -0.25) is 18.2 Å². The minimum atomic E-state index is -4.16. The van der Waals surface area contributed by atoms with Gasteiger partial charge in [0.15, 0.2) is 0 Å². The zero-order valence-corrected chi connectivity index (χ0v) is 16.8. The highest BCUT2D eigenvalue weighted by molar-refractivity contribution is 7.53. The average molecular weight is 383 g/mol. The molecule has 0 aliphatic carbocycles. The van der Waals surface area contributed by atoms with Gasteiger partial charge in [0, 0.05) is 5.39 Å². The van der Waals surface area contributed by atoms with E-state index in [-0.39, 0.29) is 5.69 Å². The second-order valence-corrected chi connectivity index (χ2v) is 9.96. The third kappa shape index (κ3) is 4.54. The molecule has 26 heavy (non-hydrogen) atoms. The van der Waals surface area contributed by atoms with Crippen LogP contribution in [0.4, 0.5) is 0 Å². The fourth-order valence-corrected chi connectivity index (χ4v) is 4.89. The van der Waals surface area contributed by atoms with Gasteiger partial charge in [0.05, 0.1) is 16.7 Å². The molecular weight excluding hydrogens is 357 g/mol. The van der Waals surface area contributed by atoms with Crippen molar-refractivity contribution in [3.05, 3.63) is 36.0 Å². The number of hydrogen-bond donors (Lipinski definition) is 2. The molecule has 0 saturated carbocycles. The quantitative estimate of drug-likeness (QED) is 0.732. The number of nitrogens with zero attached hydrogens (tertiary/aromatic N) is 1. The molecule has 1 atom stereocenters. The number of fused-ring (bicyclic) bond motifs is 1. The molecule has 0 radical (unpaired) electrons. The Bertz CT molecular complexity index is 839. The van der Waals surface area contributed by atoms with Gasteiger partial charge in [-0.1, -0.05) is 18.2 Å². The molecule has 0 aliphatic heterocycles. The molecule has 7 nitrogen and oxygen atoms in total. The Balaban J connectivity index is 2.67. The maximum Gasteiger partial charge on any atom is 0.381 e. The molecule has 2 aromatic rings. The second-order valence-electron chi connectivity index (χ2n) is 8.06. The van der Waals surface area contributed by atoms with Crippen LogP contribution in [0.2, 0.25) is 0 Å². The maximum absolute atomic E-state index is 13.6. The number of carboxylic acid groups (broad SMARTS) is 1. The molecule has 0 amide bonds. The van der Waals surface area contributed by atoms with Crippen molar-refractivity contribution in [3.63, 3.8) is 0 Å². The highest BCUT2D eigenvalue weighted by Crippen LogP contribution is 2.62. The third-order valence-corrected chi connectivity index (χ3v) is 5.68. The van der Waals surface area contributed by atoms with Crippen LogP contribution in [-0.2, 0) is 13.6 Å². The van der Waals surface area contributed by atoms with E-state index in [0.29, 0.717) is 10.9 Å². The lowest BCUT2D eigenvalue weighted by Crippen LogP contribution is -2.28. The lowest BCUT2D eigenvalue weighted by Gasteiger charge is -2.35. The molecule has 0 aliphatic rings. The Labute approximate surface area is 153 Å². The molecule has 0 saturated heterocycles. The molecule has 8 heteroatoms. The number of aliphatic hydroxyl groups is 1. The van der Waals surface area contributed by atoms with Crippen LogP contribution in [-0.4, -0.2) is 32.0 Å². The molecule has 1 heterocycles. The van der Waals surface area contributed by atoms with Gasteiger partial charge in [0.2, 0.25) is 5.97 Å². The highest BCUT2D eigenvalue weighted by atomic mass is 31.2. The van der Waals surface area contributed by atoms with E-state index in [0.717, 1.165) is 4.57 Å². The van der Waals surface area contributed by atoms with Gasteiger partial charge in [-0.05, 0) is 53.7 Å². The fourth-order valence-electron chi connectivity index (χ4n) is 2.61. The van der Waals surface area contributed by atoms with Crippen molar-refractivity contribution in [1.82, 2.24) is 4.57 Å². The van der Waals surface area contributed by atoms with Crippen LogP contribution in [0.1, 0.15) is 58.0 Å². The summed E-state index contributed by atoms with van der Waals surface area (Å²) in [6.07, 6.45) is 0. The van der Waals surface area contributed by atoms with Gasteiger partial charge in [-0.25, -0.2) is 4.79 Å². The van der Waals surface area contributed by atoms with Crippen LogP contribution in [0.5, 0.6) is 0 Å². The van der Waals surface area contributed by atoms with Gasteiger partial charge in [0.25, 0.3) is 0 Å². The summed E-state index contributed by atoms with van der Waals surface area (Å²) in [6.45, 7) is 10.1. The molecule has 0 bridgehead atoms. The van der Waals surface area contributed by atoms with E-state index >= 15 is 0 Å². The monoisotopic (exact) mass is 383 g/mol. The molecule has 0 fully saturated rings. The lowest BCUT2D eigenvalue weighted by atomic mass is 10.2. The maximum atomic E-state index is 13.6. The molecule has 144 valence electrons. The molecule has 1 aromatic heterocycles. The Hall–Kier alpha value is -1.66. The standard InChI is InChI=1S/C18H26NO6P/c1-17(2,3)24-26(23,25-18(4,5)6)16(22)19-13-10-8-7-9-12(13)11-14(19)15(20)21/h7-11,16,22H,1-6H3,(H,20,21). The van der Waals surface area contributed by atoms with Crippen molar-refractivity contribution >= 4 is 24.5 Å². The van der Waals surface area contributed by atoms with Crippen LogP contribution in [0.3, 0.4) is 0 Å². The van der Waals surface area contributed by atoms with Crippen molar-refractivity contribution in [2.45, 2.75) is 58.7 Å². The summed E-state index contributed by atoms with van der Waals surface area (Å²) in [5, 5.41) is 21.1. The number of carbonyl (C=O) groups is 1. The largest absolute Gasteiger partial charge is 0.477 e. The Morgan fingerprint density at radius 3 is 2.04 bits per heavy atom. The number of carboxylic acids is 1. The van der Waals surface area contributed by atoms with Crippen LogP contribution in [0.25, 0.3) is 10.9 Å². The predicted octanol–water partition coefficient (Wildman–Crippen LogP) is 4.61. The molecular formula is C18H26NO6P. The number of rotatable bonds is 5. The van der Waals surface area contributed by atoms with Crippen LogP contribution in [0.15, 0.2) is 30.3 Å². The van der Waals surface area contributed by atoms with E-state index in [4.69, 9.17) is 9.05 Å². The smallest absolute Gasteiger partial charge is 0.381 e. The first kappa shape index (κ1) is 20.6. The number of para-hydroxylation sites is 1. The highest BCUT2D eigenvalue weighted by Gasteiger charge is 2.44. The minimum absolute atomic E-state index is 0.200. The van der Waals surface area contributed by atoms with Crippen LogP contribution < -0.4 is 0 Å². The number of benzene rings is 1. The molecule has 1 aromatic carbocycles. The van der Waals surface area contributed by atoms with Crippen LogP contribution in [0, 0.1) is 0 Å². The number of aliphatic hydroxyl groups excluding tert-OH is 1. The predicted molar refractivity (Wildman–Crippen MR) is 99.4 cm³/mol. The molecule has 2 rings (SSSR count). The number of aromatic carboxylic acids is 1. The average Bonchev–Trinajstić information content (AvgIpc) is 2.81. The summed E-state index contributed by atoms with van der Waals surface area (Å²) >= 11 is 0. The Morgan fingerprint density at radius 2 is 1.58 bits per heavy atom. The summed E-state index contributed by atoms with van der Waals surface area (Å²) in [6, 6.07) is 8.23. The first-order valence-electron chi connectivity index (χ1n) is 8.26. The van der Waals surface area contributed by atoms with E-state index in [1.54, 1.807) is 65.8 Å². The molecule has 2 N–H and O–H groups in total. The number of aromatic nitrogens is 1. The topological polar surface area (TPSA) is 98.0 Å². The summed E-state index contributed by atoms with van der Waals surface area (Å²) in [5.74, 6) is -3.06. The van der Waals surface area contributed by atoms with Crippen molar-refractivity contribution in [2.24, 2.45) is 0 Å².